The van der Waals surface area contributed by atoms with Crippen molar-refractivity contribution in [2.75, 3.05) is 18.2 Å². The average molecular weight is 519 g/mol. The quantitative estimate of drug-likeness (QED) is 0.506. The van der Waals surface area contributed by atoms with E-state index < -0.39 is 26.9 Å². The number of amidine groups is 1. The van der Waals surface area contributed by atoms with E-state index in [0.717, 1.165) is 17.5 Å². The summed E-state index contributed by atoms with van der Waals surface area (Å²) in [6, 6.07) is 14.7. The standard InChI is InChI=1S/C12H14FN3O3S.C7H9NO.C6H5F/c1-7-12(14)16-11(5-20(7,18)19)9-4-8(15-6-17)2-3-10(9)13;1-6-3-4-7(9-2)5-8-6;7-6-4-2-1-3-5-6/h2-4,6-7,11H,5H2,1H3,(H2,14,16)(H,15,17);3-5H,1-2H3;1-5H. The fourth-order valence-electron chi connectivity index (χ4n) is 2.98. The predicted molar refractivity (Wildman–Crippen MR) is 136 cm³/mol. The molecule has 2 atom stereocenters. The number of carbonyl (C=O) groups is 1. The van der Waals surface area contributed by atoms with Crippen molar-refractivity contribution < 1.29 is 26.7 Å². The molecule has 2 heterocycles. The fourth-order valence-corrected chi connectivity index (χ4v) is 4.39. The highest BCUT2D eigenvalue weighted by atomic mass is 32.2. The van der Waals surface area contributed by atoms with Crippen LogP contribution in [0.5, 0.6) is 5.75 Å². The molecule has 8 nitrogen and oxygen atoms in total. The van der Waals surface area contributed by atoms with Gasteiger partial charge in [0.05, 0.1) is 25.1 Å². The van der Waals surface area contributed by atoms with Crippen LogP contribution in [0.3, 0.4) is 0 Å². The number of rotatable bonds is 4. The number of benzene rings is 2. The van der Waals surface area contributed by atoms with E-state index in [1.165, 1.54) is 31.2 Å². The number of nitrogens with two attached hydrogens (primary N) is 1. The molecule has 1 aliphatic rings. The average Bonchev–Trinajstić information content (AvgIpc) is 2.85. The minimum Gasteiger partial charge on any atom is -0.495 e. The summed E-state index contributed by atoms with van der Waals surface area (Å²) in [7, 11) is -1.83. The highest BCUT2D eigenvalue weighted by Gasteiger charge is 2.34. The van der Waals surface area contributed by atoms with Crippen LogP contribution in [0.1, 0.15) is 24.2 Å². The monoisotopic (exact) mass is 518 g/mol. The maximum Gasteiger partial charge on any atom is 0.211 e. The Bertz CT molecular complexity index is 1270. The number of aromatic nitrogens is 1. The number of aryl methyl sites for hydroxylation is 1. The van der Waals surface area contributed by atoms with E-state index >= 15 is 0 Å². The van der Waals surface area contributed by atoms with Gasteiger partial charge in [-0.3, -0.25) is 14.8 Å². The van der Waals surface area contributed by atoms with Crippen LogP contribution in [0.25, 0.3) is 0 Å². The first-order valence-corrected chi connectivity index (χ1v) is 12.5. The van der Waals surface area contributed by atoms with Crippen LogP contribution >= 0.6 is 0 Å². The number of carbonyl (C=O) groups excluding carboxylic acids is 1. The van der Waals surface area contributed by atoms with Gasteiger partial charge < -0.3 is 15.8 Å². The SMILES string of the molecule is CC1C(N)=NC(c2cc(NC=O)ccc2F)CS1(=O)=O.COc1ccc(C)nc1.Fc1ccccc1. The number of amides is 1. The van der Waals surface area contributed by atoms with Crippen LogP contribution in [0.2, 0.25) is 0 Å². The van der Waals surface area contributed by atoms with Gasteiger partial charge in [0.25, 0.3) is 0 Å². The summed E-state index contributed by atoms with van der Waals surface area (Å²) in [5.74, 6) is -0.304. The summed E-state index contributed by atoms with van der Waals surface area (Å²) in [5.41, 5.74) is 7.07. The number of hydrogen-bond donors (Lipinski definition) is 2. The molecule has 2 aromatic carbocycles. The molecule has 0 aliphatic carbocycles. The van der Waals surface area contributed by atoms with Crippen molar-refractivity contribution in [3.63, 3.8) is 0 Å². The molecular formula is C25H28F2N4O4S. The second-order valence-corrected chi connectivity index (χ2v) is 10.0. The van der Waals surface area contributed by atoms with Crippen molar-refractivity contribution in [1.29, 1.82) is 0 Å². The smallest absolute Gasteiger partial charge is 0.211 e. The zero-order chi connectivity index (χ0) is 26.7. The lowest BCUT2D eigenvalue weighted by Crippen LogP contribution is -2.40. The van der Waals surface area contributed by atoms with Crippen molar-refractivity contribution in [1.82, 2.24) is 4.98 Å². The molecule has 11 heteroatoms. The van der Waals surface area contributed by atoms with E-state index in [2.05, 4.69) is 15.3 Å². The zero-order valence-electron chi connectivity index (χ0n) is 20.1. The van der Waals surface area contributed by atoms with Crippen LogP contribution in [0, 0.1) is 18.6 Å². The Balaban J connectivity index is 0.000000233. The lowest BCUT2D eigenvalue weighted by molar-refractivity contribution is -0.105. The van der Waals surface area contributed by atoms with Crippen molar-refractivity contribution >= 4 is 27.8 Å². The van der Waals surface area contributed by atoms with E-state index in [0.29, 0.717) is 12.1 Å². The van der Waals surface area contributed by atoms with Crippen molar-refractivity contribution in [3.05, 3.63) is 89.8 Å². The minimum absolute atomic E-state index is 0.0330. The van der Waals surface area contributed by atoms with Crippen LogP contribution in [0.15, 0.2) is 71.9 Å². The number of aliphatic imine (C=N–C) groups is 1. The lowest BCUT2D eigenvalue weighted by Gasteiger charge is -2.24. The highest BCUT2D eigenvalue weighted by molar-refractivity contribution is 7.92. The number of sulfone groups is 1. The third-order valence-corrected chi connectivity index (χ3v) is 7.18. The van der Waals surface area contributed by atoms with Gasteiger partial charge in [-0.2, -0.15) is 0 Å². The molecule has 0 saturated heterocycles. The molecule has 0 saturated carbocycles. The normalized spacial score (nSPS) is 17.8. The first-order valence-electron chi connectivity index (χ1n) is 10.8. The van der Waals surface area contributed by atoms with Crippen LogP contribution < -0.4 is 15.8 Å². The molecule has 36 heavy (non-hydrogen) atoms. The first kappa shape index (κ1) is 28.4. The van der Waals surface area contributed by atoms with Gasteiger partial charge in [-0.05, 0) is 56.3 Å². The summed E-state index contributed by atoms with van der Waals surface area (Å²) in [4.78, 5) is 18.5. The molecular weight excluding hydrogens is 490 g/mol. The Labute approximate surface area is 209 Å². The fraction of sp³-hybridized carbons (Fsp3) is 0.240. The summed E-state index contributed by atoms with van der Waals surface area (Å²) >= 11 is 0. The van der Waals surface area contributed by atoms with Crippen LogP contribution in [-0.4, -0.2) is 43.8 Å². The molecule has 1 amide bonds. The molecule has 0 radical (unpaired) electrons. The molecule has 0 bridgehead atoms. The van der Waals surface area contributed by atoms with Crippen LogP contribution in [-0.2, 0) is 14.6 Å². The topological polar surface area (TPSA) is 124 Å². The van der Waals surface area contributed by atoms with Crippen molar-refractivity contribution in [2.45, 2.75) is 25.1 Å². The lowest BCUT2D eigenvalue weighted by atomic mass is 10.1. The molecule has 2 unspecified atom stereocenters. The highest BCUT2D eigenvalue weighted by Crippen LogP contribution is 2.29. The maximum atomic E-state index is 13.8. The Hall–Kier alpha value is -3.86. The second kappa shape index (κ2) is 13.3. The van der Waals surface area contributed by atoms with Gasteiger partial charge in [-0.1, -0.05) is 18.2 Å². The Morgan fingerprint density at radius 3 is 2.31 bits per heavy atom. The number of anilines is 1. The number of nitrogens with one attached hydrogen (secondary N) is 1. The van der Waals surface area contributed by atoms with Gasteiger partial charge in [0, 0.05) is 16.9 Å². The molecule has 0 spiro atoms. The molecule has 3 aromatic rings. The zero-order valence-corrected chi connectivity index (χ0v) is 20.9. The van der Waals surface area contributed by atoms with E-state index in [-0.39, 0.29) is 23.0 Å². The second-order valence-electron chi connectivity index (χ2n) is 7.67. The molecule has 1 aliphatic heterocycles. The third-order valence-electron chi connectivity index (χ3n) is 5.08. The van der Waals surface area contributed by atoms with E-state index in [4.69, 9.17) is 10.5 Å². The maximum absolute atomic E-state index is 13.8. The molecule has 1 aromatic heterocycles. The van der Waals surface area contributed by atoms with Gasteiger partial charge in [0.1, 0.15) is 28.5 Å². The van der Waals surface area contributed by atoms with Gasteiger partial charge >= 0.3 is 0 Å². The van der Waals surface area contributed by atoms with Crippen LogP contribution in [0.4, 0.5) is 14.5 Å². The first-order chi connectivity index (χ1) is 17.1. The Morgan fingerprint density at radius 1 is 1.11 bits per heavy atom. The molecule has 0 fully saturated rings. The largest absolute Gasteiger partial charge is 0.495 e. The van der Waals surface area contributed by atoms with Crippen molar-refractivity contribution in [3.8, 4) is 5.75 Å². The third kappa shape index (κ3) is 8.42. The summed E-state index contributed by atoms with van der Waals surface area (Å²) < 4.78 is 54.5. The number of hydrogen-bond acceptors (Lipinski definition) is 7. The van der Waals surface area contributed by atoms with Gasteiger partial charge in [-0.15, -0.1) is 0 Å². The number of pyridine rings is 1. The minimum atomic E-state index is -3.46. The van der Waals surface area contributed by atoms with Gasteiger partial charge in [-0.25, -0.2) is 17.2 Å². The van der Waals surface area contributed by atoms with Crippen molar-refractivity contribution in [2.24, 2.45) is 10.7 Å². The van der Waals surface area contributed by atoms with Gasteiger partial charge in [0.2, 0.25) is 6.41 Å². The van der Waals surface area contributed by atoms with E-state index in [1.54, 1.807) is 31.5 Å². The summed E-state index contributed by atoms with van der Waals surface area (Å²) in [6.07, 6.45) is 2.16. The number of nitrogens with zero attached hydrogens (tertiary/aromatic N) is 2. The Morgan fingerprint density at radius 2 is 1.81 bits per heavy atom. The summed E-state index contributed by atoms with van der Waals surface area (Å²) in [6.45, 7) is 3.39. The number of methoxy groups -OCH3 is 1. The number of halogens is 2. The molecule has 192 valence electrons. The molecule has 4 rings (SSSR count). The van der Waals surface area contributed by atoms with E-state index in [1.807, 2.05) is 19.1 Å². The number of ether oxygens (including phenoxy) is 1. The summed E-state index contributed by atoms with van der Waals surface area (Å²) in [5, 5.41) is 1.52. The molecule has 3 N–H and O–H groups in total. The van der Waals surface area contributed by atoms with Gasteiger partial charge in [0.15, 0.2) is 9.84 Å². The predicted octanol–water partition coefficient (Wildman–Crippen LogP) is 3.83. The Kier molecular flexibility index (Phi) is 10.5. The van der Waals surface area contributed by atoms with E-state index in [9.17, 15) is 22.0 Å².